The second-order valence-electron chi connectivity index (χ2n) is 7.18. The fourth-order valence-electron chi connectivity index (χ4n) is 3.11. The fourth-order valence-corrected chi connectivity index (χ4v) is 4.73. The Bertz CT molecular complexity index is 1270. The van der Waals surface area contributed by atoms with Crippen LogP contribution in [0.1, 0.15) is 11.1 Å². The van der Waals surface area contributed by atoms with Gasteiger partial charge in [0, 0.05) is 6.54 Å². The van der Waals surface area contributed by atoms with E-state index in [0.717, 1.165) is 10.4 Å². The van der Waals surface area contributed by atoms with Gasteiger partial charge >= 0.3 is 0 Å². The minimum absolute atomic E-state index is 0.0886. The van der Waals surface area contributed by atoms with Gasteiger partial charge in [0.2, 0.25) is 15.9 Å². The maximum atomic E-state index is 14.0. The third-order valence-electron chi connectivity index (χ3n) is 4.77. The average Bonchev–Trinajstić information content (AvgIpc) is 2.79. The van der Waals surface area contributed by atoms with Crippen molar-refractivity contribution in [3.05, 3.63) is 89.2 Å². The number of ether oxygens (including phenoxy) is 1. The number of sulfonamides is 1. The summed E-state index contributed by atoms with van der Waals surface area (Å²) >= 11 is 0. The van der Waals surface area contributed by atoms with Crippen LogP contribution in [0.3, 0.4) is 0 Å². The number of amides is 1. The highest BCUT2D eigenvalue weighted by Crippen LogP contribution is 2.29. The highest BCUT2D eigenvalue weighted by Gasteiger charge is 2.30. The van der Waals surface area contributed by atoms with Gasteiger partial charge in [-0.1, -0.05) is 36.4 Å². The van der Waals surface area contributed by atoms with E-state index >= 15 is 0 Å². The molecule has 3 aromatic carbocycles. The van der Waals surface area contributed by atoms with Crippen molar-refractivity contribution >= 4 is 21.6 Å². The standard InChI is InChI=1S/C23H21F3N2O4S/c1-15-8-11-19(32-2)20(12-15)33(30,31)28(13-16-6-4-3-5-7-16)14-21(29)27-18-10-9-17(24)22(25)23(18)26/h3-12H,13-14H2,1-2H3,(H,27,29). The molecule has 0 aliphatic carbocycles. The van der Waals surface area contributed by atoms with Crippen LogP contribution in [0.4, 0.5) is 18.9 Å². The van der Waals surface area contributed by atoms with Crippen LogP contribution in [0.5, 0.6) is 5.75 Å². The number of carbonyl (C=O) groups excluding carboxylic acids is 1. The second kappa shape index (κ2) is 10.1. The fraction of sp³-hybridized carbons (Fsp3) is 0.174. The van der Waals surface area contributed by atoms with Gasteiger partial charge in [-0.15, -0.1) is 0 Å². The molecule has 0 aliphatic rings. The monoisotopic (exact) mass is 478 g/mol. The first-order chi connectivity index (χ1) is 15.6. The molecule has 174 valence electrons. The summed E-state index contributed by atoms with van der Waals surface area (Å²) in [6.45, 7) is 0.819. The lowest BCUT2D eigenvalue weighted by Gasteiger charge is -2.23. The van der Waals surface area contributed by atoms with Gasteiger partial charge in [0.1, 0.15) is 10.6 Å². The Morgan fingerprint density at radius 2 is 1.70 bits per heavy atom. The topological polar surface area (TPSA) is 75.7 Å². The molecular weight excluding hydrogens is 457 g/mol. The summed E-state index contributed by atoms with van der Waals surface area (Å²) in [5, 5.41) is 2.10. The summed E-state index contributed by atoms with van der Waals surface area (Å²) < 4.78 is 73.7. The molecule has 0 spiro atoms. The Balaban J connectivity index is 1.96. The Morgan fingerprint density at radius 1 is 1.00 bits per heavy atom. The molecule has 0 saturated carbocycles. The summed E-state index contributed by atoms with van der Waals surface area (Å²) in [7, 11) is -2.93. The first-order valence-corrected chi connectivity index (χ1v) is 11.2. The Hall–Kier alpha value is -3.37. The third-order valence-corrected chi connectivity index (χ3v) is 6.58. The lowest BCUT2D eigenvalue weighted by molar-refractivity contribution is -0.116. The van der Waals surface area contributed by atoms with Crippen LogP contribution < -0.4 is 10.1 Å². The number of methoxy groups -OCH3 is 1. The summed E-state index contributed by atoms with van der Waals surface area (Å²) in [6.07, 6.45) is 0. The van der Waals surface area contributed by atoms with Crippen molar-refractivity contribution in [3.63, 3.8) is 0 Å². The Morgan fingerprint density at radius 3 is 2.36 bits per heavy atom. The molecule has 0 unspecified atom stereocenters. The average molecular weight is 478 g/mol. The molecule has 10 heteroatoms. The van der Waals surface area contributed by atoms with E-state index < -0.39 is 45.6 Å². The SMILES string of the molecule is COc1ccc(C)cc1S(=O)(=O)N(CC(=O)Nc1ccc(F)c(F)c1F)Cc1ccccc1. The number of carbonyl (C=O) groups is 1. The van der Waals surface area contributed by atoms with E-state index in [1.165, 1.54) is 19.2 Å². The molecule has 33 heavy (non-hydrogen) atoms. The van der Waals surface area contributed by atoms with Crippen LogP contribution >= 0.6 is 0 Å². The number of halogens is 3. The Labute approximate surface area is 189 Å². The van der Waals surface area contributed by atoms with Crippen LogP contribution in [-0.2, 0) is 21.4 Å². The van der Waals surface area contributed by atoms with Crippen molar-refractivity contribution in [1.82, 2.24) is 4.31 Å². The molecule has 0 saturated heterocycles. The molecule has 0 radical (unpaired) electrons. The van der Waals surface area contributed by atoms with Gasteiger partial charge < -0.3 is 10.1 Å². The van der Waals surface area contributed by atoms with Crippen molar-refractivity contribution < 1.29 is 31.1 Å². The van der Waals surface area contributed by atoms with E-state index in [0.29, 0.717) is 17.2 Å². The van der Waals surface area contributed by atoms with Crippen molar-refractivity contribution in [2.45, 2.75) is 18.4 Å². The summed E-state index contributed by atoms with van der Waals surface area (Å²) in [5.41, 5.74) is 0.644. The maximum Gasteiger partial charge on any atom is 0.247 e. The van der Waals surface area contributed by atoms with Gasteiger partial charge in [-0.25, -0.2) is 21.6 Å². The van der Waals surface area contributed by atoms with Crippen molar-refractivity contribution in [1.29, 1.82) is 0 Å². The van der Waals surface area contributed by atoms with Gasteiger partial charge in [-0.2, -0.15) is 4.31 Å². The molecule has 3 aromatic rings. The molecular formula is C23H21F3N2O4S. The second-order valence-corrected chi connectivity index (χ2v) is 9.09. The summed E-state index contributed by atoms with van der Waals surface area (Å²) in [6, 6.07) is 14.6. The highest BCUT2D eigenvalue weighted by atomic mass is 32.2. The van der Waals surface area contributed by atoms with E-state index in [-0.39, 0.29) is 17.2 Å². The number of hydrogen-bond donors (Lipinski definition) is 1. The van der Waals surface area contributed by atoms with Crippen LogP contribution in [0.2, 0.25) is 0 Å². The van der Waals surface area contributed by atoms with E-state index in [9.17, 15) is 26.4 Å². The van der Waals surface area contributed by atoms with Crippen LogP contribution in [0.15, 0.2) is 65.6 Å². The van der Waals surface area contributed by atoms with Gasteiger partial charge in [0.05, 0.1) is 19.3 Å². The number of aryl methyl sites for hydroxylation is 1. The van der Waals surface area contributed by atoms with E-state index in [1.54, 1.807) is 43.3 Å². The summed E-state index contributed by atoms with van der Waals surface area (Å²) in [5.74, 6) is -5.59. The lowest BCUT2D eigenvalue weighted by Crippen LogP contribution is -2.38. The first-order valence-electron chi connectivity index (χ1n) is 9.75. The summed E-state index contributed by atoms with van der Waals surface area (Å²) in [4.78, 5) is 12.5. The lowest BCUT2D eigenvalue weighted by atomic mass is 10.2. The Kier molecular flexibility index (Phi) is 7.39. The van der Waals surface area contributed by atoms with Gasteiger partial charge in [0.15, 0.2) is 17.5 Å². The van der Waals surface area contributed by atoms with Crippen LogP contribution in [0, 0.1) is 24.4 Å². The minimum Gasteiger partial charge on any atom is -0.495 e. The maximum absolute atomic E-state index is 14.0. The molecule has 3 rings (SSSR count). The number of nitrogens with one attached hydrogen (secondary N) is 1. The number of anilines is 1. The minimum atomic E-state index is -4.26. The number of benzene rings is 3. The zero-order valence-corrected chi connectivity index (χ0v) is 18.6. The number of rotatable bonds is 8. The van der Waals surface area contributed by atoms with E-state index in [4.69, 9.17) is 4.74 Å². The molecule has 1 N–H and O–H groups in total. The molecule has 0 atom stereocenters. The highest BCUT2D eigenvalue weighted by molar-refractivity contribution is 7.89. The first kappa shape index (κ1) is 24.3. The molecule has 0 aliphatic heterocycles. The van der Waals surface area contributed by atoms with E-state index in [1.807, 2.05) is 0 Å². The van der Waals surface area contributed by atoms with Crippen molar-refractivity contribution in [2.24, 2.45) is 0 Å². The molecule has 6 nitrogen and oxygen atoms in total. The predicted octanol–water partition coefficient (Wildman–Crippen LogP) is 4.25. The normalized spacial score (nSPS) is 11.5. The molecule has 1 amide bonds. The molecule has 0 bridgehead atoms. The molecule has 0 fully saturated rings. The number of hydrogen-bond acceptors (Lipinski definition) is 4. The van der Waals surface area contributed by atoms with Crippen LogP contribution in [0.25, 0.3) is 0 Å². The van der Waals surface area contributed by atoms with Gasteiger partial charge in [-0.3, -0.25) is 4.79 Å². The smallest absolute Gasteiger partial charge is 0.247 e. The largest absolute Gasteiger partial charge is 0.495 e. The van der Waals surface area contributed by atoms with Gasteiger partial charge in [0.25, 0.3) is 0 Å². The predicted molar refractivity (Wildman–Crippen MR) is 117 cm³/mol. The molecule has 0 heterocycles. The van der Waals surface area contributed by atoms with Crippen molar-refractivity contribution in [2.75, 3.05) is 19.0 Å². The van der Waals surface area contributed by atoms with E-state index in [2.05, 4.69) is 5.32 Å². The number of nitrogens with zero attached hydrogens (tertiary/aromatic N) is 1. The van der Waals surface area contributed by atoms with Gasteiger partial charge in [-0.05, 0) is 42.3 Å². The quantitative estimate of drug-likeness (QED) is 0.491. The van der Waals surface area contributed by atoms with Crippen molar-refractivity contribution in [3.8, 4) is 5.75 Å². The molecule has 0 aromatic heterocycles. The van der Waals surface area contributed by atoms with Crippen LogP contribution in [-0.4, -0.2) is 32.3 Å². The zero-order valence-electron chi connectivity index (χ0n) is 17.8. The third kappa shape index (κ3) is 5.52. The zero-order chi connectivity index (χ0) is 24.2.